The average Bonchev–Trinajstić information content (AvgIpc) is 2.08. The van der Waals surface area contributed by atoms with E-state index in [4.69, 9.17) is 5.73 Å². The Morgan fingerprint density at radius 3 is 1.50 bits per heavy atom. The summed E-state index contributed by atoms with van der Waals surface area (Å²) in [5, 5.41) is 1.29. The first kappa shape index (κ1) is 9.54. The molecule has 1 unspecified atom stereocenters. The van der Waals surface area contributed by atoms with E-state index in [1.165, 1.54) is 27.6 Å². The number of benzene rings is 1. The van der Waals surface area contributed by atoms with Gasteiger partial charge in [-0.3, -0.25) is 0 Å². The van der Waals surface area contributed by atoms with Crippen LogP contribution in [0, 0.1) is 27.7 Å². The fourth-order valence-corrected chi connectivity index (χ4v) is 1.80. The van der Waals surface area contributed by atoms with E-state index in [9.17, 15) is 0 Å². The molecule has 0 amide bonds. The molecule has 0 radical (unpaired) electrons. The zero-order chi connectivity index (χ0) is 9.46. The largest absolute Gasteiger partial charge is 0.398 e. The highest BCUT2D eigenvalue weighted by Crippen LogP contribution is 2.23. The van der Waals surface area contributed by atoms with Crippen molar-refractivity contribution in [2.45, 2.75) is 27.7 Å². The van der Waals surface area contributed by atoms with Crippen molar-refractivity contribution in [2.24, 2.45) is 0 Å². The monoisotopic (exact) mass is 181 g/mol. The lowest BCUT2D eigenvalue weighted by molar-refractivity contribution is 1.28. The maximum atomic E-state index is 5.94. The molecular weight excluding hydrogens is 165 g/mol. The van der Waals surface area contributed by atoms with Crippen LogP contribution in [0.25, 0.3) is 0 Å². The molecule has 0 heterocycles. The summed E-state index contributed by atoms with van der Waals surface area (Å²) >= 11 is 0. The van der Waals surface area contributed by atoms with E-state index in [0.717, 1.165) is 5.69 Å². The van der Waals surface area contributed by atoms with Crippen molar-refractivity contribution in [3.63, 3.8) is 0 Å². The van der Waals surface area contributed by atoms with E-state index in [-0.39, 0.29) is 0 Å². The molecule has 1 aromatic carbocycles. The van der Waals surface area contributed by atoms with E-state index >= 15 is 0 Å². The SMILES string of the molecule is Cc1c(C)c(P)c(C)c(C)c1N. The van der Waals surface area contributed by atoms with E-state index in [1.54, 1.807) is 0 Å². The second kappa shape index (κ2) is 3.06. The number of rotatable bonds is 0. The van der Waals surface area contributed by atoms with Crippen LogP contribution in [0.5, 0.6) is 0 Å². The summed E-state index contributed by atoms with van der Waals surface area (Å²) < 4.78 is 0. The normalized spacial score (nSPS) is 10.4. The van der Waals surface area contributed by atoms with Gasteiger partial charge in [0, 0.05) is 5.69 Å². The molecule has 1 aromatic rings. The fraction of sp³-hybridized carbons (Fsp3) is 0.400. The number of nitrogen functional groups attached to an aromatic ring is 1. The first-order valence-electron chi connectivity index (χ1n) is 4.08. The molecule has 0 aliphatic rings. The van der Waals surface area contributed by atoms with Crippen molar-refractivity contribution in [2.75, 3.05) is 5.73 Å². The van der Waals surface area contributed by atoms with Gasteiger partial charge >= 0.3 is 0 Å². The number of hydrogen-bond acceptors (Lipinski definition) is 1. The van der Waals surface area contributed by atoms with Crippen LogP contribution in [-0.2, 0) is 0 Å². The Bertz CT molecular complexity index is 224. The molecule has 0 saturated carbocycles. The van der Waals surface area contributed by atoms with Gasteiger partial charge in [-0.2, -0.15) is 0 Å². The molecule has 2 heteroatoms. The van der Waals surface area contributed by atoms with Crippen LogP contribution in [0.3, 0.4) is 0 Å². The Hall–Kier alpha value is -0.550. The highest BCUT2D eigenvalue weighted by atomic mass is 31.0. The third kappa shape index (κ3) is 1.23. The molecule has 0 saturated heterocycles. The number of hydrogen-bond donors (Lipinski definition) is 1. The number of anilines is 1. The van der Waals surface area contributed by atoms with E-state index < -0.39 is 0 Å². The van der Waals surface area contributed by atoms with Gasteiger partial charge < -0.3 is 5.73 Å². The maximum Gasteiger partial charge on any atom is 0.0379 e. The van der Waals surface area contributed by atoms with Gasteiger partial charge in [0.1, 0.15) is 0 Å². The topological polar surface area (TPSA) is 26.0 Å². The van der Waals surface area contributed by atoms with Crippen LogP contribution in [0.4, 0.5) is 5.69 Å². The van der Waals surface area contributed by atoms with Gasteiger partial charge in [-0.15, -0.1) is 9.24 Å². The lowest BCUT2D eigenvalue weighted by Crippen LogP contribution is -2.10. The summed E-state index contributed by atoms with van der Waals surface area (Å²) in [4.78, 5) is 0. The second-order valence-corrected chi connectivity index (χ2v) is 3.90. The molecular formula is C10H16NP. The standard InChI is InChI=1S/C10H16NP/c1-5-7(3)10(12)8(4)6(2)9(5)11/h11-12H2,1-4H3. The minimum Gasteiger partial charge on any atom is -0.398 e. The summed E-state index contributed by atoms with van der Waals surface area (Å²) in [6, 6.07) is 0. The van der Waals surface area contributed by atoms with Gasteiger partial charge in [0.25, 0.3) is 0 Å². The Morgan fingerprint density at radius 1 is 0.833 bits per heavy atom. The van der Waals surface area contributed by atoms with E-state index in [0.29, 0.717) is 0 Å². The zero-order valence-corrected chi connectivity index (χ0v) is 9.31. The van der Waals surface area contributed by atoms with Gasteiger partial charge in [-0.1, -0.05) is 0 Å². The Kier molecular flexibility index (Phi) is 2.44. The first-order valence-corrected chi connectivity index (χ1v) is 4.65. The van der Waals surface area contributed by atoms with Crippen molar-refractivity contribution in [1.29, 1.82) is 0 Å². The Morgan fingerprint density at radius 2 is 1.17 bits per heavy atom. The average molecular weight is 181 g/mol. The molecule has 1 nitrogen and oxygen atoms in total. The van der Waals surface area contributed by atoms with Crippen LogP contribution < -0.4 is 11.0 Å². The quantitative estimate of drug-likeness (QED) is 0.481. The summed E-state index contributed by atoms with van der Waals surface area (Å²) in [5.41, 5.74) is 11.9. The molecule has 1 atom stereocenters. The smallest absolute Gasteiger partial charge is 0.0379 e. The van der Waals surface area contributed by atoms with E-state index in [1.807, 2.05) is 0 Å². The lowest BCUT2D eigenvalue weighted by Gasteiger charge is -2.14. The molecule has 2 N–H and O–H groups in total. The molecule has 0 fully saturated rings. The molecule has 1 rings (SSSR count). The van der Waals surface area contributed by atoms with Crippen LogP contribution >= 0.6 is 9.24 Å². The highest BCUT2D eigenvalue weighted by Gasteiger charge is 2.08. The van der Waals surface area contributed by atoms with Gasteiger partial charge in [0.15, 0.2) is 0 Å². The molecule has 0 spiro atoms. The third-order valence-corrected chi connectivity index (χ3v) is 3.61. The Balaban J connectivity index is 3.60. The Labute approximate surface area is 76.6 Å². The predicted molar refractivity (Wildman–Crippen MR) is 59.1 cm³/mol. The summed E-state index contributed by atoms with van der Waals surface area (Å²) in [5.74, 6) is 0. The second-order valence-electron chi connectivity index (χ2n) is 3.33. The fourth-order valence-electron chi connectivity index (χ4n) is 1.37. The zero-order valence-electron chi connectivity index (χ0n) is 8.15. The van der Waals surface area contributed by atoms with Gasteiger partial charge in [0.05, 0.1) is 0 Å². The molecule has 0 aliphatic heterocycles. The molecule has 0 bridgehead atoms. The van der Waals surface area contributed by atoms with Crippen LogP contribution in [-0.4, -0.2) is 0 Å². The first-order chi connectivity index (χ1) is 5.46. The van der Waals surface area contributed by atoms with E-state index in [2.05, 4.69) is 36.9 Å². The van der Waals surface area contributed by atoms with Crippen molar-refractivity contribution < 1.29 is 0 Å². The molecule has 0 aromatic heterocycles. The molecule has 0 aliphatic carbocycles. The molecule has 12 heavy (non-hydrogen) atoms. The van der Waals surface area contributed by atoms with Gasteiger partial charge in [-0.05, 0) is 55.3 Å². The number of nitrogens with two attached hydrogens (primary N) is 1. The summed E-state index contributed by atoms with van der Waals surface area (Å²) in [7, 11) is 2.78. The van der Waals surface area contributed by atoms with Crippen molar-refractivity contribution in [3.8, 4) is 0 Å². The predicted octanol–water partition coefficient (Wildman–Crippen LogP) is 2.00. The van der Waals surface area contributed by atoms with Crippen molar-refractivity contribution in [3.05, 3.63) is 22.3 Å². The minimum absolute atomic E-state index is 0.941. The summed E-state index contributed by atoms with van der Waals surface area (Å²) in [6.45, 7) is 8.37. The van der Waals surface area contributed by atoms with Crippen molar-refractivity contribution >= 4 is 20.2 Å². The summed E-state index contributed by atoms with van der Waals surface area (Å²) in [6.07, 6.45) is 0. The minimum atomic E-state index is 0.941. The van der Waals surface area contributed by atoms with Crippen LogP contribution in [0.2, 0.25) is 0 Å². The van der Waals surface area contributed by atoms with Gasteiger partial charge in [-0.25, -0.2) is 0 Å². The lowest BCUT2D eigenvalue weighted by atomic mass is 9.99. The third-order valence-electron chi connectivity index (χ3n) is 2.74. The van der Waals surface area contributed by atoms with Gasteiger partial charge in [0.2, 0.25) is 0 Å². The molecule has 66 valence electrons. The van der Waals surface area contributed by atoms with Crippen molar-refractivity contribution in [1.82, 2.24) is 0 Å². The maximum absolute atomic E-state index is 5.94. The van der Waals surface area contributed by atoms with Crippen LogP contribution in [0.15, 0.2) is 0 Å². The highest BCUT2D eigenvalue weighted by molar-refractivity contribution is 7.27. The van der Waals surface area contributed by atoms with Crippen LogP contribution in [0.1, 0.15) is 22.3 Å².